The predicted octanol–water partition coefficient (Wildman–Crippen LogP) is 4.08. The Morgan fingerprint density at radius 1 is 1.00 bits per heavy atom. The first kappa shape index (κ1) is 22.3. The molecule has 0 saturated heterocycles. The van der Waals surface area contributed by atoms with Crippen LogP contribution in [0.25, 0.3) is 0 Å². The zero-order chi connectivity index (χ0) is 22.5. The Kier molecular flexibility index (Phi) is 6.90. The summed E-state index contributed by atoms with van der Waals surface area (Å²) < 4.78 is 28.8. The molecule has 0 fully saturated rings. The number of benzene rings is 2. The van der Waals surface area contributed by atoms with Crippen LogP contribution in [-0.2, 0) is 4.43 Å². The summed E-state index contributed by atoms with van der Waals surface area (Å²) in [5, 5.41) is 12.3. The van der Waals surface area contributed by atoms with E-state index in [1.807, 2.05) is 0 Å². The fourth-order valence-corrected chi connectivity index (χ4v) is 3.08. The Balaban J connectivity index is 1.84. The van der Waals surface area contributed by atoms with Crippen LogP contribution in [0.15, 0.2) is 54.7 Å². The number of carbonyl (C=O) groups is 2. The predicted molar refractivity (Wildman–Crippen MR) is 122 cm³/mol. The van der Waals surface area contributed by atoms with Gasteiger partial charge < -0.3 is 16.4 Å². The first-order chi connectivity index (χ1) is 14.8. The minimum Gasteiger partial charge on any atom is -0.384 e. The molecular formula is C21H16F2IN5O2. The van der Waals surface area contributed by atoms with Crippen LogP contribution >= 0.6 is 22.6 Å². The number of halogens is 3. The van der Waals surface area contributed by atoms with Crippen molar-refractivity contribution in [2.24, 2.45) is 5.73 Å². The maximum Gasteiger partial charge on any atom is 0.259 e. The Hall–Kier alpha value is -3.41. The Morgan fingerprint density at radius 2 is 1.74 bits per heavy atom. The zero-order valence-corrected chi connectivity index (χ0v) is 18.0. The van der Waals surface area contributed by atoms with Gasteiger partial charge in [-0.2, -0.15) is 0 Å². The lowest BCUT2D eigenvalue weighted by Gasteiger charge is -2.12. The largest absolute Gasteiger partial charge is 0.384 e. The third-order valence-electron chi connectivity index (χ3n) is 4.22. The van der Waals surface area contributed by atoms with Crippen LogP contribution in [0.3, 0.4) is 0 Å². The summed E-state index contributed by atoms with van der Waals surface area (Å²) in [5.74, 6) is -3.21. The minimum absolute atomic E-state index is 0.0113. The van der Waals surface area contributed by atoms with Gasteiger partial charge in [-0.25, -0.2) is 13.8 Å². The topological polar surface area (TPSA) is 121 Å². The average Bonchev–Trinajstić information content (AvgIpc) is 2.75. The molecule has 5 N–H and O–H groups in total. The van der Waals surface area contributed by atoms with Gasteiger partial charge >= 0.3 is 0 Å². The minimum atomic E-state index is -0.891. The summed E-state index contributed by atoms with van der Waals surface area (Å²) in [6, 6.07) is 10.1. The van der Waals surface area contributed by atoms with E-state index >= 15 is 0 Å². The van der Waals surface area contributed by atoms with Gasteiger partial charge in [-0.3, -0.25) is 15.0 Å². The van der Waals surface area contributed by atoms with Gasteiger partial charge in [-0.1, -0.05) is 34.7 Å². The van der Waals surface area contributed by atoms with Gasteiger partial charge in [0.1, 0.15) is 23.3 Å². The fraction of sp³-hybridized carbons (Fsp3) is 0.0476. The summed E-state index contributed by atoms with van der Waals surface area (Å²) in [6.07, 6.45) is 1.60. The van der Waals surface area contributed by atoms with Crippen molar-refractivity contribution in [2.45, 2.75) is 4.43 Å². The number of amides is 2. The van der Waals surface area contributed by atoms with Crippen molar-refractivity contribution >= 4 is 51.7 Å². The van der Waals surface area contributed by atoms with Crippen molar-refractivity contribution in [3.05, 3.63) is 88.6 Å². The molecule has 158 valence electrons. The van der Waals surface area contributed by atoms with E-state index < -0.39 is 23.4 Å². The molecule has 0 unspecified atom stereocenters. The van der Waals surface area contributed by atoms with E-state index in [2.05, 4.69) is 38.2 Å². The van der Waals surface area contributed by atoms with Gasteiger partial charge in [0.15, 0.2) is 0 Å². The summed E-state index contributed by atoms with van der Waals surface area (Å²) >= 11 is 2.18. The molecule has 0 bridgehead atoms. The number of rotatable bonds is 6. The monoisotopic (exact) mass is 535 g/mol. The third-order valence-corrected chi connectivity index (χ3v) is 5.10. The SMILES string of the molecule is N=C(N)c1ccc(C(=O)Nc2ccc(F)cc2C(=O)Nc2ccc(CI)cn2)c(F)c1. The molecule has 1 aromatic heterocycles. The molecule has 31 heavy (non-hydrogen) atoms. The average molecular weight is 535 g/mol. The van der Waals surface area contributed by atoms with Gasteiger partial charge in [0.2, 0.25) is 0 Å². The first-order valence-electron chi connectivity index (χ1n) is 8.85. The van der Waals surface area contributed by atoms with Crippen LogP contribution in [0, 0.1) is 17.0 Å². The van der Waals surface area contributed by atoms with Crippen molar-refractivity contribution in [3.63, 3.8) is 0 Å². The number of nitrogen functional groups attached to an aromatic ring is 1. The lowest BCUT2D eigenvalue weighted by Crippen LogP contribution is -2.20. The Bertz CT molecular complexity index is 1170. The highest BCUT2D eigenvalue weighted by molar-refractivity contribution is 14.1. The van der Waals surface area contributed by atoms with E-state index in [0.29, 0.717) is 0 Å². The van der Waals surface area contributed by atoms with E-state index in [1.54, 1.807) is 18.3 Å². The van der Waals surface area contributed by atoms with E-state index in [0.717, 1.165) is 28.2 Å². The fourth-order valence-electron chi connectivity index (χ4n) is 2.63. The van der Waals surface area contributed by atoms with E-state index in [-0.39, 0.29) is 34.0 Å². The summed E-state index contributed by atoms with van der Waals surface area (Å²) in [7, 11) is 0. The molecule has 0 atom stereocenters. The second-order valence-corrected chi connectivity index (χ2v) is 7.15. The molecule has 10 heteroatoms. The van der Waals surface area contributed by atoms with E-state index in [1.165, 1.54) is 18.2 Å². The molecule has 7 nitrogen and oxygen atoms in total. The summed E-state index contributed by atoms with van der Waals surface area (Å²) in [5.41, 5.74) is 5.91. The normalized spacial score (nSPS) is 10.4. The quantitative estimate of drug-likeness (QED) is 0.165. The van der Waals surface area contributed by atoms with Crippen LogP contribution < -0.4 is 16.4 Å². The number of nitrogens with zero attached hydrogens (tertiary/aromatic N) is 1. The smallest absolute Gasteiger partial charge is 0.259 e. The van der Waals surface area contributed by atoms with Crippen molar-refractivity contribution < 1.29 is 18.4 Å². The number of anilines is 2. The molecule has 2 aromatic carbocycles. The van der Waals surface area contributed by atoms with Crippen molar-refractivity contribution in [1.29, 1.82) is 5.41 Å². The van der Waals surface area contributed by atoms with Crippen LogP contribution in [0.2, 0.25) is 0 Å². The molecule has 0 radical (unpaired) electrons. The second kappa shape index (κ2) is 9.60. The van der Waals surface area contributed by atoms with E-state index in [4.69, 9.17) is 11.1 Å². The van der Waals surface area contributed by atoms with Gasteiger partial charge in [0.05, 0.1) is 16.8 Å². The number of hydrogen-bond acceptors (Lipinski definition) is 4. The highest BCUT2D eigenvalue weighted by Gasteiger charge is 2.18. The lowest BCUT2D eigenvalue weighted by molar-refractivity contribution is 0.102. The molecule has 1 heterocycles. The van der Waals surface area contributed by atoms with Gasteiger partial charge in [-0.15, -0.1) is 0 Å². The highest BCUT2D eigenvalue weighted by atomic mass is 127. The maximum absolute atomic E-state index is 14.3. The van der Waals surface area contributed by atoms with Gasteiger partial charge in [0.25, 0.3) is 11.8 Å². The lowest BCUT2D eigenvalue weighted by atomic mass is 10.1. The number of amidine groups is 1. The van der Waals surface area contributed by atoms with Gasteiger partial charge in [0, 0.05) is 16.2 Å². The van der Waals surface area contributed by atoms with Crippen molar-refractivity contribution in [2.75, 3.05) is 10.6 Å². The van der Waals surface area contributed by atoms with E-state index in [9.17, 15) is 18.4 Å². The molecule has 0 aliphatic heterocycles. The number of pyridine rings is 1. The number of nitrogens with one attached hydrogen (secondary N) is 3. The maximum atomic E-state index is 14.3. The molecule has 0 spiro atoms. The van der Waals surface area contributed by atoms with Crippen LogP contribution in [-0.4, -0.2) is 22.6 Å². The molecule has 3 aromatic rings. The number of nitrogens with two attached hydrogens (primary N) is 1. The van der Waals surface area contributed by atoms with Crippen LogP contribution in [0.4, 0.5) is 20.3 Å². The third kappa shape index (κ3) is 5.40. The van der Waals surface area contributed by atoms with Crippen LogP contribution in [0.5, 0.6) is 0 Å². The molecule has 0 aliphatic carbocycles. The van der Waals surface area contributed by atoms with Crippen LogP contribution in [0.1, 0.15) is 31.8 Å². The molecule has 2 amide bonds. The standard InChI is InChI=1S/C21H16F2IN5O2/c22-13-3-5-17(28-20(30)14-4-2-12(19(25)26)7-16(14)23)15(8-13)21(31)29-18-6-1-11(9-24)10-27-18/h1-8,10H,9H2,(H3,25,26)(H,28,30)(H,27,29,31). The highest BCUT2D eigenvalue weighted by Crippen LogP contribution is 2.21. The first-order valence-corrected chi connectivity index (χ1v) is 10.4. The number of carbonyl (C=O) groups excluding carboxylic acids is 2. The molecule has 0 saturated carbocycles. The second-order valence-electron chi connectivity index (χ2n) is 6.39. The molecular weight excluding hydrogens is 519 g/mol. The summed E-state index contributed by atoms with van der Waals surface area (Å²) in [6.45, 7) is 0. The molecule has 3 rings (SSSR count). The number of alkyl halides is 1. The Labute approximate surface area is 189 Å². The van der Waals surface area contributed by atoms with Crippen molar-refractivity contribution in [1.82, 2.24) is 4.98 Å². The number of aromatic nitrogens is 1. The van der Waals surface area contributed by atoms with Crippen molar-refractivity contribution in [3.8, 4) is 0 Å². The Morgan fingerprint density at radius 3 is 2.35 bits per heavy atom. The zero-order valence-electron chi connectivity index (χ0n) is 15.9. The number of hydrogen-bond donors (Lipinski definition) is 4. The molecule has 0 aliphatic rings. The van der Waals surface area contributed by atoms with Gasteiger partial charge in [-0.05, 0) is 42.0 Å². The summed E-state index contributed by atoms with van der Waals surface area (Å²) in [4.78, 5) is 29.3.